The molecule has 5 heteroatoms. The molecule has 1 unspecified atom stereocenters. The van der Waals surface area contributed by atoms with Crippen LogP contribution in [0.15, 0.2) is 72.8 Å². The second kappa shape index (κ2) is 7.37. The van der Waals surface area contributed by atoms with Crippen molar-refractivity contribution < 1.29 is 9.59 Å². The molecule has 0 aromatic heterocycles. The molecule has 0 saturated carbocycles. The summed E-state index contributed by atoms with van der Waals surface area (Å²) in [5.74, 6) is -0.322. The van der Waals surface area contributed by atoms with Crippen LogP contribution in [0.2, 0.25) is 0 Å². The van der Waals surface area contributed by atoms with Gasteiger partial charge in [0.05, 0.1) is 17.3 Å². The first kappa shape index (κ1) is 18.1. The molecule has 28 heavy (non-hydrogen) atoms. The summed E-state index contributed by atoms with van der Waals surface area (Å²) in [6, 6.07) is 22.0. The Morgan fingerprint density at radius 3 is 2.11 bits per heavy atom. The third-order valence-electron chi connectivity index (χ3n) is 4.85. The fourth-order valence-electron chi connectivity index (χ4n) is 3.43. The highest BCUT2D eigenvalue weighted by Crippen LogP contribution is 2.32. The van der Waals surface area contributed by atoms with E-state index in [4.69, 9.17) is 12.2 Å². The van der Waals surface area contributed by atoms with Crippen LogP contribution >= 0.6 is 12.2 Å². The van der Waals surface area contributed by atoms with Gasteiger partial charge in [-0.15, -0.1) is 0 Å². The van der Waals surface area contributed by atoms with Crippen LogP contribution < -0.4 is 10.6 Å². The molecular weight excluding hydrogens is 368 g/mol. The van der Waals surface area contributed by atoms with Crippen molar-refractivity contribution in [3.05, 3.63) is 101 Å². The van der Waals surface area contributed by atoms with Crippen LogP contribution in [0.1, 0.15) is 50.4 Å². The van der Waals surface area contributed by atoms with E-state index in [1.54, 1.807) is 42.5 Å². The van der Waals surface area contributed by atoms with E-state index in [9.17, 15) is 9.59 Å². The average Bonchev–Trinajstić information content (AvgIpc) is 2.72. The molecule has 0 amide bonds. The zero-order valence-electron chi connectivity index (χ0n) is 15.2. The van der Waals surface area contributed by atoms with Gasteiger partial charge < -0.3 is 10.6 Å². The highest BCUT2D eigenvalue weighted by Gasteiger charge is 2.31. The van der Waals surface area contributed by atoms with Gasteiger partial charge in [0.1, 0.15) is 0 Å². The highest BCUT2D eigenvalue weighted by molar-refractivity contribution is 7.80. The quantitative estimate of drug-likeness (QED) is 0.508. The first-order chi connectivity index (χ1) is 13.6. The molecule has 0 fully saturated rings. The maximum atomic E-state index is 13.0. The standard InChI is InChI=1S/C23H18N2O2S/c1-14(15-8-3-2-4-9-15)24-23(28)25-19-13-7-12-18-20(19)22(27)17-11-6-5-10-16(17)21(18)26/h2-14H,1H3,(H2,24,25,28). The summed E-state index contributed by atoms with van der Waals surface area (Å²) in [5, 5.41) is 6.71. The Hall–Kier alpha value is -3.31. The lowest BCUT2D eigenvalue weighted by Crippen LogP contribution is -2.32. The summed E-state index contributed by atoms with van der Waals surface area (Å²) in [6.45, 7) is 2.01. The molecule has 138 valence electrons. The molecule has 0 spiro atoms. The third kappa shape index (κ3) is 3.21. The summed E-state index contributed by atoms with van der Waals surface area (Å²) in [4.78, 5) is 25.9. The summed E-state index contributed by atoms with van der Waals surface area (Å²) < 4.78 is 0. The minimum atomic E-state index is -0.174. The van der Waals surface area contributed by atoms with Crippen LogP contribution in [-0.4, -0.2) is 16.7 Å². The predicted octanol–water partition coefficient (Wildman–Crippen LogP) is 4.51. The normalized spacial score (nSPS) is 13.3. The molecule has 3 aromatic rings. The molecule has 0 saturated heterocycles. The maximum absolute atomic E-state index is 13.0. The van der Waals surface area contributed by atoms with Gasteiger partial charge in [-0.05, 0) is 30.8 Å². The van der Waals surface area contributed by atoms with Gasteiger partial charge in [-0.3, -0.25) is 9.59 Å². The minimum Gasteiger partial charge on any atom is -0.356 e. The lowest BCUT2D eigenvalue weighted by molar-refractivity contribution is 0.0979. The number of ketones is 2. The monoisotopic (exact) mass is 386 g/mol. The van der Waals surface area contributed by atoms with Crippen LogP contribution in [-0.2, 0) is 0 Å². The molecule has 0 aliphatic heterocycles. The van der Waals surface area contributed by atoms with E-state index in [1.165, 1.54) is 0 Å². The van der Waals surface area contributed by atoms with Gasteiger partial charge in [0.25, 0.3) is 0 Å². The molecule has 0 heterocycles. The van der Waals surface area contributed by atoms with Crippen molar-refractivity contribution in [3.8, 4) is 0 Å². The molecule has 4 nitrogen and oxygen atoms in total. The van der Waals surface area contributed by atoms with Crippen LogP contribution in [0.5, 0.6) is 0 Å². The second-order valence-corrected chi connectivity index (χ2v) is 7.07. The first-order valence-electron chi connectivity index (χ1n) is 9.00. The molecule has 1 atom stereocenters. The van der Waals surface area contributed by atoms with Crippen molar-refractivity contribution in [2.45, 2.75) is 13.0 Å². The number of hydrogen-bond donors (Lipinski definition) is 2. The molecule has 1 aliphatic rings. The topological polar surface area (TPSA) is 58.2 Å². The Morgan fingerprint density at radius 1 is 0.786 bits per heavy atom. The second-order valence-electron chi connectivity index (χ2n) is 6.66. The Labute approximate surface area is 168 Å². The fourth-order valence-corrected chi connectivity index (χ4v) is 3.72. The van der Waals surface area contributed by atoms with Gasteiger partial charge in [0.2, 0.25) is 0 Å². The van der Waals surface area contributed by atoms with E-state index in [-0.39, 0.29) is 17.6 Å². The van der Waals surface area contributed by atoms with Gasteiger partial charge in [-0.2, -0.15) is 0 Å². The van der Waals surface area contributed by atoms with Gasteiger partial charge in [-0.1, -0.05) is 66.7 Å². The number of thiocarbonyl (C=S) groups is 1. The number of anilines is 1. The first-order valence-corrected chi connectivity index (χ1v) is 9.41. The number of hydrogen-bond acceptors (Lipinski definition) is 3. The number of carbonyl (C=O) groups is 2. The SMILES string of the molecule is CC(NC(=S)Nc1cccc2c1C(=O)c1ccccc1C2=O)c1ccccc1. The molecular formula is C23H18N2O2S. The van der Waals surface area contributed by atoms with Gasteiger partial charge >= 0.3 is 0 Å². The summed E-state index contributed by atoms with van der Waals surface area (Å²) in [7, 11) is 0. The molecule has 2 N–H and O–H groups in total. The van der Waals surface area contributed by atoms with Gasteiger partial charge in [-0.25, -0.2) is 0 Å². The number of rotatable bonds is 3. The van der Waals surface area contributed by atoms with Crippen molar-refractivity contribution in [1.29, 1.82) is 0 Å². The Morgan fingerprint density at radius 2 is 1.39 bits per heavy atom. The average molecular weight is 386 g/mol. The lowest BCUT2D eigenvalue weighted by Gasteiger charge is -2.22. The number of carbonyl (C=O) groups excluding carboxylic acids is 2. The van der Waals surface area contributed by atoms with E-state index < -0.39 is 0 Å². The predicted molar refractivity (Wildman–Crippen MR) is 114 cm³/mol. The zero-order chi connectivity index (χ0) is 19.7. The smallest absolute Gasteiger partial charge is 0.196 e. The van der Waals surface area contributed by atoms with Crippen LogP contribution in [0.3, 0.4) is 0 Å². The maximum Gasteiger partial charge on any atom is 0.196 e. The summed E-state index contributed by atoms with van der Waals surface area (Å²) in [6.07, 6.45) is 0. The van der Waals surface area contributed by atoms with Gasteiger partial charge in [0, 0.05) is 16.7 Å². The molecule has 0 radical (unpaired) electrons. The zero-order valence-corrected chi connectivity index (χ0v) is 16.0. The minimum absolute atomic E-state index is 0.00111. The fraction of sp³-hybridized carbons (Fsp3) is 0.0870. The van der Waals surface area contributed by atoms with Crippen molar-refractivity contribution >= 4 is 34.6 Å². The Bertz CT molecular complexity index is 1090. The third-order valence-corrected chi connectivity index (χ3v) is 5.07. The van der Waals surface area contributed by atoms with Crippen LogP contribution in [0.4, 0.5) is 5.69 Å². The number of benzene rings is 3. The molecule has 3 aromatic carbocycles. The largest absolute Gasteiger partial charge is 0.356 e. The molecule has 4 rings (SSSR count). The van der Waals surface area contributed by atoms with Crippen molar-refractivity contribution in [3.63, 3.8) is 0 Å². The number of fused-ring (bicyclic) bond motifs is 2. The van der Waals surface area contributed by atoms with Crippen molar-refractivity contribution in [1.82, 2.24) is 5.32 Å². The Kier molecular flexibility index (Phi) is 4.75. The van der Waals surface area contributed by atoms with Crippen LogP contribution in [0, 0.1) is 0 Å². The van der Waals surface area contributed by atoms with E-state index in [0.717, 1.165) is 5.56 Å². The van der Waals surface area contributed by atoms with Crippen LogP contribution in [0.25, 0.3) is 0 Å². The van der Waals surface area contributed by atoms with Gasteiger partial charge in [0.15, 0.2) is 16.7 Å². The molecule has 1 aliphatic carbocycles. The van der Waals surface area contributed by atoms with E-state index in [1.807, 2.05) is 37.3 Å². The number of nitrogens with one attached hydrogen (secondary N) is 2. The lowest BCUT2D eigenvalue weighted by atomic mass is 9.83. The summed E-state index contributed by atoms with van der Waals surface area (Å²) in [5.41, 5.74) is 3.25. The Balaban J connectivity index is 1.61. The van der Waals surface area contributed by atoms with E-state index in [0.29, 0.717) is 33.1 Å². The van der Waals surface area contributed by atoms with Crippen molar-refractivity contribution in [2.24, 2.45) is 0 Å². The van der Waals surface area contributed by atoms with E-state index >= 15 is 0 Å². The highest BCUT2D eigenvalue weighted by atomic mass is 32.1. The van der Waals surface area contributed by atoms with E-state index in [2.05, 4.69) is 10.6 Å². The molecule has 0 bridgehead atoms. The van der Waals surface area contributed by atoms with Crippen molar-refractivity contribution in [2.75, 3.05) is 5.32 Å². The summed E-state index contributed by atoms with van der Waals surface area (Å²) >= 11 is 5.44.